The molecule has 0 aromatic heterocycles. The van der Waals surface area contributed by atoms with Crippen LogP contribution in [0, 0.1) is 0 Å². The van der Waals surface area contributed by atoms with Crippen LogP contribution in [-0.2, 0) is 4.74 Å². The first-order valence-corrected chi connectivity index (χ1v) is 2.78. The molecule has 1 atom stereocenters. The van der Waals surface area contributed by atoms with Gasteiger partial charge in [0, 0.05) is 6.42 Å². The van der Waals surface area contributed by atoms with Crippen molar-refractivity contribution in [2.45, 2.75) is 19.4 Å². The predicted octanol–water partition coefficient (Wildman–Crippen LogP) is 2.41. The van der Waals surface area contributed by atoms with Gasteiger partial charge in [0.1, 0.15) is 6.10 Å². The summed E-state index contributed by atoms with van der Waals surface area (Å²) in [4.78, 5) is 0. The molecule has 0 spiro atoms. The van der Waals surface area contributed by atoms with E-state index in [1.807, 2.05) is 0 Å². The van der Waals surface area contributed by atoms with Gasteiger partial charge in [-0.2, -0.15) is 4.39 Å². The van der Waals surface area contributed by atoms with Gasteiger partial charge in [-0.15, -0.1) is 6.58 Å². The van der Waals surface area contributed by atoms with Crippen LogP contribution < -0.4 is 0 Å². The Morgan fingerprint density at radius 3 is 2.78 bits per heavy atom. The number of rotatable bonds is 4. The SMILES string of the molecule is C=CCC(C)OC(=C)F. The maximum atomic E-state index is 11.8. The molecule has 2 heteroatoms. The second kappa shape index (κ2) is 4.13. The Morgan fingerprint density at radius 1 is 1.89 bits per heavy atom. The molecule has 0 aliphatic rings. The third kappa shape index (κ3) is 5.07. The molecular formula is C7H11FO. The fourth-order valence-electron chi connectivity index (χ4n) is 0.501. The Hall–Kier alpha value is -0.790. The van der Waals surface area contributed by atoms with E-state index in [4.69, 9.17) is 0 Å². The lowest BCUT2D eigenvalue weighted by molar-refractivity contribution is 0.0849. The lowest BCUT2D eigenvalue weighted by atomic mass is 10.3. The van der Waals surface area contributed by atoms with E-state index in [1.165, 1.54) is 0 Å². The van der Waals surface area contributed by atoms with Gasteiger partial charge < -0.3 is 4.74 Å². The van der Waals surface area contributed by atoms with Gasteiger partial charge in [-0.1, -0.05) is 6.08 Å². The first-order chi connectivity index (χ1) is 4.16. The normalized spacial score (nSPS) is 12.2. The van der Waals surface area contributed by atoms with Crippen molar-refractivity contribution >= 4 is 0 Å². The minimum atomic E-state index is -0.732. The molecule has 0 radical (unpaired) electrons. The van der Waals surface area contributed by atoms with Crippen molar-refractivity contribution in [1.82, 2.24) is 0 Å². The van der Waals surface area contributed by atoms with Gasteiger partial charge in [-0.25, -0.2) is 0 Å². The average Bonchev–Trinajstić information content (AvgIpc) is 1.63. The maximum absolute atomic E-state index is 11.8. The Morgan fingerprint density at radius 2 is 2.44 bits per heavy atom. The molecule has 0 rings (SSSR count). The van der Waals surface area contributed by atoms with Crippen molar-refractivity contribution in [3.05, 3.63) is 25.2 Å². The number of halogens is 1. The summed E-state index contributed by atoms with van der Waals surface area (Å²) in [5, 5.41) is 0. The topological polar surface area (TPSA) is 9.23 Å². The molecule has 0 aliphatic carbocycles. The molecule has 0 aromatic rings. The highest BCUT2D eigenvalue weighted by molar-refractivity contribution is 4.74. The molecule has 0 saturated heterocycles. The van der Waals surface area contributed by atoms with Crippen molar-refractivity contribution in [1.29, 1.82) is 0 Å². The summed E-state index contributed by atoms with van der Waals surface area (Å²) >= 11 is 0. The zero-order valence-electron chi connectivity index (χ0n) is 5.56. The van der Waals surface area contributed by atoms with Crippen LogP contribution in [0.2, 0.25) is 0 Å². The summed E-state index contributed by atoms with van der Waals surface area (Å²) in [6, 6.07) is -0.732. The van der Waals surface area contributed by atoms with E-state index in [9.17, 15) is 4.39 Å². The monoisotopic (exact) mass is 130 g/mol. The molecule has 0 N–H and O–H groups in total. The molecule has 1 nitrogen and oxygen atoms in total. The molecular weight excluding hydrogens is 119 g/mol. The van der Waals surface area contributed by atoms with Crippen LogP contribution in [0.15, 0.2) is 25.2 Å². The van der Waals surface area contributed by atoms with Crippen molar-refractivity contribution < 1.29 is 9.13 Å². The van der Waals surface area contributed by atoms with E-state index in [0.717, 1.165) is 0 Å². The van der Waals surface area contributed by atoms with E-state index >= 15 is 0 Å². The Balaban J connectivity index is 3.37. The van der Waals surface area contributed by atoms with Crippen LogP contribution in [0.5, 0.6) is 0 Å². The van der Waals surface area contributed by atoms with E-state index in [0.29, 0.717) is 6.42 Å². The molecule has 0 fully saturated rings. The molecule has 0 aromatic carbocycles. The summed E-state index contributed by atoms with van der Waals surface area (Å²) in [6.45, 7) is 8.19. The molecule has 1 unspecified atom stereocenters. The molecule has 0 saturated carbocycles. The number of ether oxygens (including phenoxy) is 1. The molecule has 52 valence electrons. The van der Waals surface area contributed by atoms with Gasteiger partial charge in [0.05, 0.1) is 0 Å². The second-order valence-electron chi connectivity index (χ2n) is 1.81. The summed E-state index contributed by atoms with van der Waals surface area (Å²) in [7, 11) is 0. The highest BCUT2D eigenvalue weighted by atomic mass is 19.1. The number of hydrogen-bond acceptors (Lipinski definition) is 1. The Kier molecular flexibility index (Phi) is 3.76. The quantitative estimate of drug-likeness (QED) is 0.419. The average molecular weight is 130 g/mol. The van der Waals surface area contributed by atoms with Crippen molar-refractivity contribution in [3.8, 4) is 0 Å². The highest BCUT2D eigenvalue weighted by Gasteiger charge is 1.99. The Bertz CT molecular complexity index is 109. The lowest BCUT2D eigenvalue weighted by Gasteiger charge is -2.08. The van der Waals surface area contributed by atoms with Crippen LogP contribution in [0.1, 0.15) is 13.3 Å². The van der Waals surface area contributed by atoms with Gasteiger partial charge >= 0.3 is 0 Å². The minimum absolute atomic E-state index is 0.153. The minimum Gasteiger partial charge on any atom is -0.468 e. The predicted molar refractivity (Wildman–Crippen MR) is 35.6 cm³/mol. The highest BCUT2D eigenvalue weighted by Crippen LogP contribution is 2.04. The Labute approximate surface area is 54.8 Å². The van der Waals surface area contributed by atoms with Crippen molar-refractivity contribution in [2.75, 3.05) is 0 Å². The van der Waals surface area contributed by atoms with Gasteiger partial charge in [-0.05, 0) is 13.5 Å². The fourth-order valence-corrected chi connectivity index (χ4v) is 0.501. The molecule has 0 bridgehead atoms. The zero-order chi connectivity index (χ0) is 7.28. The second-order valence-corrected chi connectivity index (χ2v) is 1.81. The van der Waals surface area contributed by atoms with Crippen molar-refractivity contribution in [2.24, 2.45) is 0 Å². The van der Waals surface area contributed by atoms with Gasteiger partial charge in [-0.3, -0.25) is 0 Å². The summed E-state index contributed by atoms with van der Waals surface area (Å²) < 4.78 is 16.4. The van der Waals surface area contributed by atoms with Crippen LogP contribution in [0.25, 0.3) is 0 Å². The molecule has 0 heterocycles. The van der Waals surface area contributed by atoms with Crippen LogP contribution in [-0.4, -0.2) is 6.10 Å². The first-order valence-electron chi connectivity index (χ1n) is 2.78. The summed E-state index contributed by atoms with van der Waals surface area (Å²) in [5.41, 5.74) is 0. The van der Waals surface area contributed by atoms with Crippen LogP contribution >= 0.6 is 0 Å². The maximum Gasteiger partial charge on any atom is 0.265 e. The molecule has 0 aliphatic heterocycles. The summed E-state index contributed by atoms with van der Waals surface area (Å²) in [6.07, 6.45) is 2.16. The first kappa shape index (κ1) is 8.21. The zero-order valence-corrected chi connectivity index (χ0v) is 5.56. The lowest BCUT2D eigenvalue weighted by Crippen LogP contribution is -2.03. The molecule has 9 heavy (non-hydrogen) atoms. The summed E-state index contributed by atoms with van der Waals surface area (Å²) in [5.74, 6) is 0. The number of hydrogen-bond donors (Lipinski definition) is 0. The van der Waals surface area contributed by atoms with Crippen LogP contribution in [0.3, 0.4) is 0 Å². The van der Waals surface area contributed by atoms with E-state index in [2.05, 4.69) is 17.9 Å². The largest absolute Gasteiger partial charge is 0.468 e. The van der Waals surface area contributed by atoms with Gasteiger partial charge in [0.25, 0.3) is 6.01 Å². The van der Waals surface area contributed by atoms with E-state index < -0.39 is 6.01 Å². The van der Waals surface area contributed by atoms with E-state index in [1.54, 1.807) is 13.0 Å². The molecule has 0 amide bonds. The standard InChI is InChI=1S/C7H11FO/c1-4-5-6(2)9-7(3)8/h4,6H,1,3,5H2,2H3. The van der Waals surface area contributed by atoms with Crippen LogP contribution in [0.4, 0.5) is 4.39 Å². The third-order valence-electron chi connectivity index (χ3n) is 0.828. The van der Waals surface area contributed by atoms with E-state index in [-0.39, 0.29) is 6.10 Å². The van der Waals surface area contributed by atoms with Crippen molar-refractivity contribution in [3.63, 3.8) is 0 Å². The fraction of sp³-hybridized carbons (Fsp3) is 0.429. The van der Waals surface area contributed by atoms with Gasteiger partial charge in [0.15, 0.2) is 0 Å². The smallest absolute Gasteiger partial charge is 0.265 e. The van der Waals surface area contributed by atoms with Gasteiger partial charge in [0.2, 0.25) is 0 Å². The third-order valence-corrected chi connectivity index (χ3v) is 0.828.